The van der Waals surface area contributed by atoms with Crippen molar-refractivity contribution >= 4 is 17.2 Å². The molecule has 0 spiro atoms. The number of para-hydroxylation sites is 2. The number of aliphatic hydroxyl groups excluding tert-OH is 1. The highest BCUT2D eigenvalue weighted by molar-refractivity contribution is 5.72. The maximum Gasteiger partial charge on any atom is 0.407 e. The number of oxazole rings is 1. The number of rotatable bonds is 6. The molecule has 2 aromatic rings. The zero-order valence-electron chi connectivity index (χ0n) is 16.8. The van der Waals surface area contributed by atoms with Crippen molar-refractivity contribution in [3.63, 3.8) is 0 Å². The third kappa shape index (κ3) is 9.21. The second kappa shape index (κ2) is 11.4. The van der Waals surface area contributed by atoms with Crippen LogP contribution in [0.4, 0.5) is 4.79 Å². The van der Waals surface area contributed by atoms with Crippen LogP contribution in [0.5, 0.6) is 0 Å². The SMILES string of the molecule is C/C=C/CCNC(=O)OC(C)(C)C.CNCC(O)c1nc2ccccc2o1. The molecular weight excluding hydrogens is 346 g/mol. The fourth-order valence-electron chi connectivity index (χ4n) is 2.05. The lowest BCUT2D eigenvalue weighted by atomic mass is 10.2. The van der Waals surface area contributed by atoms with E-state index in [1.54, 1.807) is 7.05 Å². The standard InChI is InChI=1S/C10H12N2O2.C10H19NO2/c1-11-6-8(13)10-12-7-4-2-3-5-9(7)14-10;1-5-6-7-8-11-9(12)13-10(2,3)4/h2-5,8,11,13H,6H2,1H3;5-6H,7-8H2,1-4H3,(H,11,12)/b;6-5+. The second-order valence-corrected chi connectivity index (χ2v) is 6.88. The zero-order chi connectivity index (χ0) is 20.3. The topological polar surface area (TPSA) is 96.6 Å². The van der Waals surface area contributed by atoms with Gasteiger partial charge in [-0.3, -0.25) is 0 Å². The molecule has 1 heterocycles. The molecule has 1 atom stereocenters. The van der Waals surface area contributed by atoms with Gasteiger partial charge in [-0.05, 0) is 53.3 Å². The van der Waals surface area contributed by atoms with Crippen molar-refractivity contribution in [2.45, 2.75) is 45.8 Å². The van der Waals surface area contributed by atoms with Crippen LogP contribution in [0.1, 0.15) is 46.1 Å². The molecule has 1 amide bonds. The average Bonchev–Trinajstić information content (AvgIpc) is 3.02. The van der Waals surface area contributed by atoms with Gasteiger partial charge in [0.05, 0.1) is 0 Å². The molecule has 2 rings (SSSR count). The number of amides is 1. The van der Waals surface area contributed by atoms with Crippen LogP contribution < -0.4 is 10.6 Å². The van der Waals surface area contributed by atoms with Gasteiger partial charge in [0.2, 0.25) is 5.89 Å². The van der Waals surface area contributed by atoms with Crippen LogP contribution in [0, 0.1) is 0 Å². The smallest absolute Gasteiger partial charge is 0.407 e. The molecule has 0 saturated heterocycles. The van der Waals surface area contributed by atoms with E-state index in [0.29, 0.717) is 24.6 Å². The summed E-state index contributed by atoms with van der Waals surface area (Å²) in [7, 11) is 1.77. The molecule has 0 aliphatic carbocycles. The number of aliphatic hydroxyl groups is 1. The summed E-state index contributed by atoms with van der Waals surface area (Å²) in [6.07, 6.45) is 3.76. The van der Waals surface area contributed by atoms with Crippen LogP contribution in [-0.4, -0.2) is 41.9 Å². The Morgan fingerprint density at radius 3 is 2.67 bits per heavy atom. The molecule has 0 aliphatic rings. The van der Waals surface area contributed by atoms with Gasteiger partial charge in [-0.25, -0.2) is 9.78 Å². The molecule has 0 aliphatic heterocycles. The molecule has 150 valence electrons. The van der Waals surface area contributed by atoms with Crippen LogP contribution in [-0.2, 0) is 4.74 Å². The third-order valence-electron chi connectivity index (χ3n) is 3.21. The molecule has 0 bridgehead atoms. The lowest BCUT2D eigenvalue weighted by Gasteiger charge is -2.19. The first-order valence-corrected chi connectivity index (χ1v) is 9.03. The van der Waals surface area contributed by atoms with E-state index >= 15 is 0 Å². The van der Waals surface area contributed by atoms with Crippen molar-refractivity contribution in [3.05, 3.63) is 42.3 Å². The van der Waals surface area contributed by atoms with Gasteiger partial charge in [0.15, 0.2) is 5.58 Å². The second-order valence-electron chi connectivity index (χ2n) is 6.88. The number of ether oxygens (including phenoxy) is 1. The van der Waals surface area contributed by atoms with Gasteiger partial charge in [-0.15, -0.1) is 0 Å². The number of fused-ring (bicyclic) bond motifs is 1. The summed E-state index contributed by atoms with van der Waals surface area (Å²) < 4.78 is 10.4. The number of hydrogen-bond acceptors (Lipinski definition) is 6. The molecule has 1 unspecified atom stereocenters. The Morgan fingerprint density at radius 2 is 2.07 bits per heavy atom. The highest BCUT2D eigenvalue weighted by Crippen LogP contribution is 2.19. The molecule has 7 heteroatoms. The molecule has 0 saturated carbocycles. The number of likely N-dealkylation sites (N-methyl/N-ethyl adjacent to an activating group) is 1. The monoisotopic (exact) mass is 377 g/mol. The Kier molecular flexibility index (Phi) is 9.53. The minimum Gasteiger partial charge on any atom is -0.444 e. The number of aromatic nitrogens is 1. The molecular formula is C20H31N3O4. The Morgan fingerprint density at radius 1 is 1.37 bits per heavy atom. The van der Waals surface area contributed by atoms with Crippen molar-refractivity contribution in [1.29, 1.82) is 0 Å². The van der Waals surface area contributed by atoms with Crippen molar-refractivity contribution < 1.29 is 19.1 Å². The fraction of sp³-hybridized carbons (Fsp3) is 0.500. The lowest BCUT2D eigenvalue weighted by Crippen LogP contribution is -2.32. The summed E-state index contributed by atoms with van der Waals surface area (Å²) >= 11 is 0. The van der Waals surface area contributed by atoms with Crippen molar-refractivity contribution in [2.75, 3.05) is 20.1 Å². The maximum atomic E-state index is 11.1. The summed E-state index contributed by atoms with van der Waals surface area (Å²) in [6.45, 7) is 8.55. The predicted molar refractivity (Wildman–Crippen MR) is 107 cm³/mol. The van der Waals surface area contributed by atoms with E-state index in [-0.39, 0.29) is 6.09 Å². The number of benzene rings is 1. The number of allylic oxidation sites excluding steroid dienone is 1. The Hall–Kier alpha value is -2.38. The van der Waals surface area contributed by atoms with E-state index in [4.69, 9.17) is 9.15 Å². The molecule has 0 fully saturated rings. The average molecular weight is 377 g/mol. The van der Waals surface area contributed by atoms with Crippen molar-refractivity contribution in [1.82, 2.24) is 15.6 Å². The molecule has 3 N–H and O–H groups in total. The first kappa shape index (κ1) is 22.7. The number of hydrogen-bond donors (Lipinski definition) is 3. The van der Waals surface area contributed by atoms with Crippen LogP contribution in [0.25, 0.3) is 11.1 Å². The summed E-state index contributed by atoms with van der Waals surface area (Å²) in [6, 6.07) is 7.45. The largest absolute Gasteiger partial charge is 0.444 e. The van der Waals surface area contributed by atoms with Gasteiger partial charge < -0.3 is 24.9 Å². The Bertz CT molecular complexity index is 686. The Labute approximate surface area is 160 Å². The van der Waals surface area contributed by atoms with E-state index in [0.717, 1.165) is 11.9 Å². The molecule has 1 aromatic heterocycles. The van der Waals surface area contributed by atoms with Crippen LogP contribution in [0.2, 0.25) is 0 Å². The highest BCUT2D eigenvalue weighted by atomic mass is 16.6. The normalized spacial score (nSPS) is 12.5. The number of carbonyl (C=O) groups is 1. The molecule has 27 heavy (non-hydrogen) atoms. The summed E-state index contributed by atoms with van der Waals surface area (Å²) in [5.74, 6) is 0.362. The van der Waals surface area contributed by atoms with E-state index < -0.39 is 11.7 Å². The first-order chi connectivity index (χ1) is 12.8. The predicted octanol–water partition coefficient (Wildman–Crippen LogP) is 3.56. The van der Waals surface area contributed by atoms with E-state index in [2.05, 4.69) is 15.6 Å². The molecule has 0 radical (unpaired) electrons. The minimum atomic E-state index is -0.688. The van der Waals surface area contributed by atoms with E-state index in [9.17, 15) is 9.90 Å². The number of nitrogens with one attached hydrogen (secondary N) is 2. The number of alkyl carbamates (subject to hydrolysis) is 1. The maximum absolute atomic E-state index is 11.1. The summed E-state index contributed by atoms with van der Waals surface area (Å²) in [4.78, 5) is 15.2. The summed E-state index contributed by atoms with van der Waals surface area (Å²) in [5, 5.41) is 15.1. The Balaban J connectivity index is 0.000000271. The van der Waals surface area contributed by atoms with E-state index in [1.807, 2.05) is 64.1 Å². The van der Waals surface area contributed by atoms with Gasteiger partial charge in [0.25, 0.3) is 0 Å². The van der Waals surface area contributed by atoms with Gasteiger partial charge >= 0.3 is 6.09 Å². The third-order valence-corrected chi connectivity index (χ3v) is 3.21. The zero-order valence-corrected chi connectivity index (χ0v) is 16.8. The van der Waals surface area contributed by atoms with Crippen LogP contribution in [0.3, 0.4) is 0 Å². The van der Waals surface area contributed by atoms with Gasteiger partial charge in [0, 0.05) is 13.1 Å². The van der Waals surface area contributed by atoms with Crippen molar-refractivity contribution in [2.24, 2.45) is 0 Å². The van der Waals surface area contributed by atoms with Gasteiger partial charge in [0.1, 0.15) is 17.2 Å². The molecule has 1 aromatic carbocycles. The van der Waals surface area contributed by atoms with Crippen LogP contribution >= 0.6 is 0 Å². The fourth-order valence-corrected chi connectivity index (χ4v) is 2.05. The summed E-state index contributed by atoms with van der Waals surface area (Å²) in [5.41, 5.74) is 1.07. The first-order valence-electron chi connectivity index (χ1n) is 9.03. The quantitative estimate of drug-likeness (QED) is 0.526. The van der Waals surface area contributed by atoms with Gasteiger partial charge in [-0.2, -0.15) is 0 Å². The number of carbonyl (C=O) groups excluding carboxylic acids is 1. The van der Waals surface area contributed by atoms with Crippen LogP contribution in [0.15, 0.2) is 40.8 Å². The minimum absolute atomic E-state index is 0.350. The lowest BCUT2D eigenvalue weighted by molar-refractivity contribution is 0.0529. The number of nitrogens with zero attached hydrogens (tertiary/aromatic N) is 1. The van der Waals surface area contributed by atoms with Crippen molar-refractivity contribution in [3.8, 4) is 0 Å². The molecule has 7 nitrogen and oxygen atoms in total. The van der Waals surface area contributed by atoms with Gasteiger partial charge in [-0.1, -0.05) is 24.3 Å². The van der Waals surface area contributed by atoms with E-state index in [1.165, 1.54) is 0 Å². The highest BCUT2D eigenvalue weighted by Gasteiger charge is 2.15.